The Hall–Kier alpha value is -1.07. The van der Waals surface area contributed by atoms with Crippen LogP contribution in [0.1, 0.15) is 37.7 Å². The normalized spacial score (nSPS) is 14.3. The Labute approximate surface area is 118 Å². The van der Waals surface area contributed by atoms with Crippen LogP contribution in [0, 0.1) is 6.92 Å². The van der Waals surface area contributed by atoms with E-state index in [-0.39, 0.29) is 10.9 Å². The lowest BCUT2D eigenvalue weighted by molar-refractivity contribution is 0.109. The number of halogens is 1. The molecule has 0 amide bonds. The Morgan fingerprint density at radius 3 is 2.58 bits per heavy atom. The lowest BCUT2D eigenvalue weighted by Crippen LogP contribution is -2.33. The highest BCUT2D eigenvalue weighted by molar-refractivity contribution is 6.20. The first-order valence-electron chi connectivity index (χ1n) is 6.35. The Kier molecular flexibility index (Phi) is 3.62. The fourth-order valence-electron chi connectivity index (χ4n) is 2.57. The summed E-state index contributed by atoms with van der Waals surface area (Å²) in [6, 6.07) is 0. The van der Waals surface area contributed by atoms with Gasteiger partial charge >= 0.3 is 0 Å². The minimum absolute atomic E-state index is 0.164. The molecule has 0 bridgehead atoms. The van der Waals surface area contributed by atoms with Gasteiger partial charge in [0.05, 0.1) is 23.2 Å². The zero-order chi connectivity index (χ0) is 14.4. The molecule has 0 N–H and O–H groups in total. The summed E-state index contributed by atoms with van der Waals surface area (Å²) < 4.78 is 9.34. The van der Waals surface area contributed by atoms with Crippen LogP contribution in [-0.2, 0) is 17.3 Å². The van der Waals surface area contributed by atoms with Gasteiger partial charge in [0.15, 0.2) is 5.65 Å². The maximum absolute atomic E-state index is 6.29. The van der Waals surface area contributed by atoms with Crippen molar-refractivity contribution in [1.29, 1.82) is 0 Å². The molecule has 0 aliphatic rings. The SMILES string of the molecule is COCC(C)(C)n1c(C(C)Cl)nc2c(C)nn(C)c21. The molecule has 1 atom stereocenters. The molecule has 19 heavy (non-hydrogen) atoms. The molecule has 0 spiro atoms. The molecule has 106 valence electrons. The number of hydrogen-bond acceptors (Lipinski definition) is 3. The van der Waals surface area contributed by atoms with Crippen molar-refractivity contribution in [1.82, 2.24) is 19.3 Å². The lowest BCUT2D eigenvalue weighted by Gasteiger charge is -2.29. The van der Waals surface area contributed by atoms with E-state index in [1.165, 1.54) is 0 Å². The smallest absolute Gasteiger partial charge is 0.159 e. The maximum Gasteiger partial charge on any atom is 0.159 e. The molecule has 2 heterocycles. The summed E-state index contributed by atoms with van der Waals surface area (Å²) in [6.45, 7) is 8.71. The molecule has 0 aromatic carbocycles. The standard InChI is InChI=1S/C13H21ClN4O/c1-8(14)11-15-10-9(2)16-17(5)12(10)18(11)13(3,4)7-19-6/h8H,7H2,1-6H3. The summed E-state index contributed by atoms with van der Waals surface area (Å²) in [5.74, 6) is 0.856. The number of alkyl halides is 1. The zero-order valence-corrected chi connectivity index (χ0v) is 13.1. The number of rotatable bonds is 4. The van der Waals surface area contributed by atoms with Crippen LogP contribution >= 0.6 is 11.6 Å². The molecule has 2 aromatic heterocycles. The molecule has 6 heteroatoms. The summed E-state index contributed by atoms with van der Waals surface area (Å²) >= 11 is 6.29. The van der Waals surface area contributed by atoms with E-state index in [4.69, 9.17) is 16.3 Å². The number of aromatic nitrogens is 4. The van der Waals surface area contributed by atoms with Crippen molar-refractivity contribution in [3.8, 4) is 0 Å². The molecule has 1 unspecified atom stereocenters. The van der Waals surface area contributed by atoms with E-state index in [0.717, 1.165) is 22.7 Å². The van der Waals surface area contributed by atoms with Crippen molar-refractivity contribution in [3.05, 3.63) is 11.5 Å². The molecular formula is C13H21ClN4O. The number of hydrogen-bond donors (Lipinski definition) is 0. The molecule has 0 aliphatic heterocycles. The highest BCUT2D eigenvalue weighted by Crippen LogP contribution is 2.31. The third-order valence-corrected chi connectivity index (χ3v) is 3.48. The maximum atomic E-state index is 6.29. The second-order valence-electron chi connectivity index (χ2n) is 5.55. The third-order valence-electron chi connectivity index (χ3n) is 3.29. The Bertz CT molecular complexity index is 597. The van der Waals surface area contributed by atoms with Gasteiger partial charge in [0.2, 0.25) is 0 Å². The highest BCUT2D eigenvalue weighted by atomic mass is 35.5. The molecule has 2 aromatic rings. The van der Waals surface area contributed by atoms with Crippen LogP contribution in [0.3, 0.4) is 0 Å². The minimum Gasteiger partial charge on any atom is -0.382 e. The number of aryl methyl sites for hydroxylation is 2. The highest BCUT2D eigenvalue weighted by Gasteiger charge is 2.30. The molecule has 0 saturated carbocycles. The van der Waals surface area contributed by atoms with Crippen LogP contribution in [0.2, 0.25) is 0 Å². The first kappa shape index (κ1) is 14.3. The number of imidazole rings is 1. The summed E-state index contributed by atoms with van der Waals surface area (Å²) in [4.78, 5) is 4.67. The predicted molar refractivity (Wildman–Crippen MR) is 76.7 cm³/mol. The van der Waals surface area contributed by atoms with Gasteiger partial charge in [0.25, 0.3) is 0 Å². The molecule has 2 rings (SSSR count). The number of ether oxygens (including phenoxy) is 1. The van der Waals surface area contributed by atoms with Crippen LogP contribution in [0.5, 0.6) is 0 Å². The molecule has 5 nitrogen and oxygen atoms in total. The van der Waals surface area contributed by atoms with Gasteiger partial charge in [0.1, 0.15) is 11.3 Å². The van der Waals surface area contributed by atoms with Crippen molar-refractivity contribution in [3.63, 3.8) is 0 Å². The van der Waals surface area contributed by atoms with Crippen LogP contribution in [-0.4, -0.2) is 33.0 Å². The van der Waals surface area contributed by atoms with Crippen molar-refractivity contribution < 1.29 is 4.74 Å². The second-order valence-corrected chi connectivity index (χ2v) is 6.20. The van der Waals surface area contributed by atoms with Gasteiger partial charge in [-0.2, -0.15) is 5.10 Å². The van der Waals surface area contributed by atoms with Gasteiger partial charge in [-0.15, -0.1) is 11.6 Å². The van der Waals surface area contributed by atoms with E-state index in [1.54, 1.807) is 7.11 Å². The van der Waals surface area contributed by atoms with Gasteiger partial charge in [-0.25, -0.2) is 4.98 Å². The summed E-state index contributed by atoms with van der Waals surface area (Å²) in [5, 5.41) is 4.27. The van der Waals surface area contributed by atoms with E-state index in [9.17, 15) is 0 Å². The Morgan fingerprint density at radius 2 is 2.05 bits per heavy atom. The van der Waals surface area contributed by atoms with Crippen molar-refractivity contribution in [2.75, 3.05) is 13.7 Å². The molecule has 0 saturated heterocycles. The van der Waals surface area contributed by atoms with Crippen LogP contribution in [0.4, 0.5) is 0 Å². The largest absolute Gasteiger partial charge is 0.382 e. The topological polar surface area (TPSA) is 44.9 Å². The monoisotopic (exact) mass is 284 g/mol. The summed E-state index contributed by atoms with van der Waals surface area (Å²) in [5.41, 5.74) is 2.58. The number of nitrogens with zero attached hydrogens (tertiary/aromatic N) is 4. The van der Waals surface area contributed by atoms with Crippen LogP contribution < -0.4 is 0 Å². The summed E-state index contributed by atoms with van der Waals surface area (Å²) in [6.07, 6.45) is 0. The van der Waals surface area contributed by atoms with Gasteiger partial charge < -0.3 is 9.30 Å². The average molecular weight is 285 g/mol. The molecule has 0 radical (unpaired) electrons. The predicted octanol–water partition coefficient (Wildman–Crippen LogP) is 2.76. The Balaban J connectivity index is 2.78. The fraction of sp³-hybridized carbons (Fsp3) is 0.692. The Morgan fingerprint density at radius 1 is 1.42 bits per heavy atom. The first-order valence-corrected chi connectivity index (χ1v) is 6.78. The molecule has 0 fully saturated rings. The third kappa shape index (κ3) is 2.25. The van der Waals surface area contributed by atoms with Gasteiger partial charge in [-0.3, -0.25) is 4.68 Å². The minimum atomic E-state index is -0.234. The van der Waals surface area contributed by atoms with Crippen LogP contribution in [0.15, 0.2) is 0 Å². The summed E-state index contributed by atoms with van der Waals surface area (Å²) in [7, 11) is 3.63. The second kappa shape index (κ2) is 4.80. The van der Waals surface area contributed by atoms with Crippen molar-refractivity contribution in [2.45, 2.75) is 38.6 Å². The quantitative estimate of drug-likeness (QED) is 0.811. The zero-order valence-electron chi connectivity index (χ0n) is 12.4. The lowest BCUT2D eigenvalue weighted by atomic mass is 10.1. The van der Waals surface area contributed by atoms with Gasteiger partial charge in [-0.1, -0.05) is 0 Å². The van der Waals surface area contributed by atoms with E-state index in [2.05, 4.69) is 28.5 Å². The van der Waals surface area contributed by atoms with E-state index < -0.39 is 0 Å². The average Bonchev–Trinajstić information content (AvgIpc) is 2.79. The number of fused-ring (bicyclic) bond motifs is 1. The van der Waals surface area contributed by atoms with Crippen molar-refractivity contribution >= 4 is 22.8 Å². The fourth-order valence-corrected chi connectivity index (χ4v) is 2.72. The van der Waals surface area contributed by atoms with E-state index in [1.807, 2.05) is 25.6 Å². The first-order chi connectivity index (χ1) is 8.79. The number of methoxy groups -OCH3 is 1. The van der Waals surface area contributed by atoms with Crippen LogP contribution in [0.25, 0.3) is 11.2 Å². The van der Waals surface area contributed by atoms with E-state index >= 15 is 0 Å². The van der Waals surface area contributed by atoms with Gasteiger partial charge in [-0.05, 0) is 27.7 Å². The van der Waals surface area contributed by atoms with Crippen molar-refractivity contribution in [2.24, 2.45) is 7.05 Å². The van der Waals surface area contributed by atoms with Gasteiger partial charge in [0, 0.05) is 14.2 Å². The molecule has 0 aliphatic carbocycles. The molecular weight excluding hydrogens is 264 g/mol. The van der Waals surface area contributed by atoms with E-state index in [0.29, 0.717) is 6.61 Å².